The van der Waals surface area contributed by atoms with Crippen molar-refractivity contribution in [1.29, 1.82) is 0 Å². The van der Waals surface area contributed by atoms with Crippen LogP contribution >= 0.6 is 0 Å². The van der Waals surface area contributed by atoms with Gasteiger partial charge in [0.05, 0.1) is 34.9 Å². The van der Waals surface area contributed by atoms with E-state index in [0.29, 0.717) is 5.92 Å². The Labute approximate surface area is 226 Å². The highest BCUT2D eigenvalue weighted by Crippen LogP contribution is 2.53. The number of hydrogen-bond acceptors (Lipinski definition) is 3. The second-order valence-electron chi connectivity index (χ2n) is 11.6. The van der Waals surface area contributed by atoms with Crippen LogP contribution in [0.3, 0.4) is 0 Å². The SMILES string of the molecule is C[C@@]1(CC2CC2)C(=O)N(c2ccc3c(cnn3-c3ccc(F)cc3)c2)C(c2ccccc2)[C@H]1NC(=O)C1CC1. The Kier molecular flexibility index (Phi) is 5.58. The van der Waals surface area contributed by atoms with Gasteiger partial charge in [-0.05, 0) is 80.1 Å². The molecule has 3 atom stereocenters. The number of hydrogen-bond donors (Lipinski definition) is 1. The lowest BCUT2D eigenvalue weighted by atomic mass is 9.76. The molecule has 7 rings (SSSR count). The molecule has 3 aliphatic rings. The summed E-state index contributed by atoms with van der Waals surface area (Å²) in [6, 6.07) is 21.5. The molecular formula is C32H31FN4O2. The highest BCUT2D eigenvalue weighted by Gasteiger charge is 2.59. The zero-order valence-corrected chi connectivity index (χ0v) is 21.9. The Hall–Kier alpha value is -4.00. The van der Waals surface area contributed by atoms with E-state index < -0.39 is 5.41 Å². The minimum Gasteiger partial charge on any atom is -0.350 e. The van der Waals surface area contributed by atoms with Crippen molar-refractivity contribution < 1.29 is 14.0 Å². The monoisotopic (exact) mass is 522 g/mol. The fourth-order valence-corrected chi connectivity index (χ4v) is 6.25. The number of amides is 2. The summed E-state index contributed by atoms with van der Waals surface area (Å²) in [5.41, 5.74) is 2.71. The zero-order valence-electron chi connectivity index (χ0n) is 21.9. The molecule has 2 amide bonds. The Morgan fingerprint density at radius 3 is 2.41 bits per heavy atom. The summed E-state index contributed by atoms with van der Waals surface area (Å²) in [5.74, 6) is 0.398. The molecule has 1 aliphatic heterocycles. The molecule has 1 aromatic heterocycles. The highest BCUT2D eigenvalue weighted by molar-refractivity contribution is 6.04. The molecular weight excluding hydrogens is 491 g/mol. The van der Waals surface area contributed by atoms with Gasteiger partial charge in [0, 0.05) is 17.0 Å². The standard InChI is InChI=1S/C32H31FN4O2/c1-32(18-20-7-8-20)29(35-30(38)22-9-10-22)28(21-5-3-2-4-6-21)36(31(32)39)26-15-16-27-23(17-26)19-34-37(27)25-13-11-24(33)12-14-25/h2-6,11-17,19-20,22,28-29H,7-10,18H2,1H3,(H,35,38)/t28?,29-,32+/m1/s1. The lowest BCUT2D eigenvalue weighted by Gasteiger charge is -2.32. The van der Waals surface area contributed by atoms with Crippen LogP contribution in [0.4, 0.5) is 10.1 Å². The van der Waals surface area contributed by atoms with Gasteiger partial charge in [0.2, 0.25) is 11.8 Å². The maximum Gasteiger partial charge on any atom is 0.235 e. The van der Waals surface area contributed by atoms with Gasteiger partial charge in [0.15, 0.2) is 0 Å². The number of carbonyl (C=O) groups excluding carboxylic acids is 2. The van der Waals surface area contributed by atoms with Crippen LogP contribution in [0.1, 0.15) is 50.6 Å². The van der Waals surface area contributed by atoms with E-state index in [1.54, 1.807) is 23.0 Å². The van der Waals surface area contributed by atoms with Crippen LogP contribution in [0.15, 0.2) is 79.0 Å². The number of benzene rings is 3. The van der Waals surface area contributed by atoms with Crippen molar-refractivity contribution in [2.45, 2.75) is 51.1 Å². The van der Waals surface area contributed by atoms with Gasteiger partial charge in [0.25, 0.3) is 0 Å². The van der Waals surface area contributed by atoms with Gasteiger partial charge < -0.3 is 10.2 Å². The van der Waals surface area contributed by atoms with E-state index in [1.807, 2.05) is 48.2 Å². The third kappa shape index (κ3) is 4.20. The van der Waals surface area contributed by atoms with Gasteiger partial charge in [-0.2, -0.15) is 5.10 Å². The normalized spacial score (nSPS) is 24.9. The second kappa shape index (κ2) is 9.04. The summed E-state index contributed by atoms with van der Waals surface area (Å²) in [4.78, 5) is 29.5. The molecule has 0 bridgehead atoms. The number of carbonyl (C=O) groups is 2. The number of aromatic nitrogens is 2. The molecule has 0 spiro atoms. The first-order valence-electron chi connectivity index (χ1n) is 13.8. The smallest absolute Gasteiger partial charge is 0.235 e. The molecule has 6 nitrogen and oxygen atoms in total. The number of fused-ring (bicyclic) bond motifs is 1. The van der Waals surface area contributed by atoms with Crippen LogP contribution in [0.5, 0.6) is 0 Å². The van der Waals surface area contributed by atoms with E-state index in [0.717, 1.165) is 59.9 Å². The zero-order chi connectivity index (χ0) is 26.7. The molecule has 1 unspecified atom stereocenters. The van der Waals surface area contributed by atoms with Crippen molar-refractivity contribution in [2.75, 3.05) is 4.90 Å². The van der Waals surface area contributed by atoms with Gasteiger partial charge in [-0.1, -0.05) is 43.2 Å². The van der Waals surface area contributed by atoms with Crippen molar-refractivity contribution in [3.63, 3.8) is 0 Å². The molecule has 0 radical (unpaired) electrons. The average Bonchev–Trinajstić information content (AvgIpc) is 3.88. The van der Waals surface area contributed by atoms with E-state index in [4.69, 9.17) is 0 Å². The molecule has 3 fully saturated rings. The Morgan fingerprint density at radius 2 is 1.72 bits per heavy atom. The average molecular weight is 523 g/mol. The Balaban J connectivity index is 1.33. The highest BCUT2D eigenvalue weighted by atomic mass is 19.1. The lowest BCUT2D eigenvalue weighted by molar-refractivity contribution is -0.127. The Bertz CT molecular complexity index is 1560. The van der Waals surface area contributed by atoms with Gasteiger partial charge in [0.1, 0.15) is 5.82 Å². The van der Waals surface area contributed by atoms with Crippen molar-refractivity contribution in [1.82, 2.24) is 15.1 Å². The van der Waals surface area contributed by atoms with Gasteiger partial charge in [-0.25, -0.2) is 9.07 Å². The topological polar surface area (TPSA) is 67.2 Å². The fraction of sp³-hybridized carbons (Fsp3) is 0.344. The first-order valence-corrected chi connectivity index (χ1v) is 13.8. The second-order valence-corrected chi connectivity index (χ2v) is 11.6. The molecule has 2 saturated carbocycles. The molecule has 4 aromatic rings. The van der Waals surface area contributed by atoms with Crippen LogP contribution in [-0.4, -0.2) is 27.6 Å². The van der Waals surface area contributed by atoms with E-state index >= 15 is 0 Å². The summed E-state index contributed by atoms with van der Waals surface area (Å²) in [5, 5.41) is 8.79. The molecule has 198 valence electrons. The maximum atomic E-state index is 14.5. The predicted molar refractivity (Wildman–Crippen MR) is 148 cm³/mol. The van der Waals surface area contributed by atoms with E-state index in [1.165, 1.54) is 12.1 Å². The van der Waals surface area contributed by atoms with Crippen molar-refractivity contribution in [2.24, 2.45) is 17.3 Å². The van der Waals surface area contributed by atoms with E-state index in [9.17, 15) is 14.0 Å². The van der Waals surface area contributed by atoms with E-state index in [-0.39, 0.29) is 35.6 Å². The molecule has 2 heterocycles. The molecule has 39 heavy (non-hydrogen) atoms. The van der Waals surface area contributed by atoms with Gasteiger partial charge in [-0.15, -0.1) is 0 Å². The molecule has 2 aliphatic carbocycles. The van der Waals surface area contributed by atoms with Crippen LogP contribution < -0.4 is 10.2 Å². The van der Waals surface area contributed by atoms with Crippen LogP contribution in [0.25, 0.3) is 16.6 Å². The summed E-state index contributed by atoms with van der Waals surface area (Å²) in [6.45, 7) is 2.05. The van der Waals surface area contributed by atoms with Crippen LogP contribution in [0, 0.1) is 23.1 Å². The Morgan fingerprint density at radius 1 is 1.00 bits per heavy atom. The van der Waals surface area contributed by atoms with Crippen molar-refractivity contribution in [3.05, 3.63) is 90.4 Å². The van der Waals surface area contributed by atoms with Crippen LogP contribution in [-0.2, 0) is 9.59 Å². The molecule has 1 N–H and O–H groups in total. The predicted octanol–water partition coefficient (Wildman–Crippen LogP) is 5.95. The molecule has 3 aromatic carbocycles. The van der Waals surface area contributed by atoms with Gasteiger partial charge in [-0.3, -0.25) is 9.59 Å². The van der Waals surface area contributed by atoms with Crippen molar-refractivity contribution >= 4 is 28.4 Å². The van der Waals surface area contributed by atoms with Crippen LogP contribution in [0.2, 0.25) is 0 Å². The quantitative estimate of drug-likeness (QED) is 0.326. The number of halogens is 1. The number of anilines is 1. The number of nitrogens with one attached hydrogen (secondary N) is 1. The first-order chi connectivity index (χ1) is 18.9. The number of rotatable bonds is 7. The minimum atomic E-state index is -0.709. The van der Waals surface area contributed by atoms with E-state index in [2.05, 4.69) is 22.5 Å². The maximum absolute atomic E-state index is 14.5. The largest absolute Gasteiger partial charge is 0.350 e. The summed E-state index contributed by atoms with van der Waals surface area (Å²) >= 11 is 0. The fourth-order valence-electron chi connectivity index (χ4n) is 6.25. The third-order valence-corrected chi connectivity index (χ3v) is 8.69. The lowest BCUT2D eigenvalue weighted by Crippen LogP contribution is -2.48. The molecule has 1 saturated heterocycles. The summed E-state index contributed by atoms with van der Waals surface area (Å²) < 4.78 is 15.3. The third-order valence-electron chi connectivity index (χ3n) is 8.69. The summed E-state index contributed by atoms with van der Waals surface area (Å²) in [6.07, 6.45) is 6.65. The van der Waals surface area contributed by atoms with Gasteiger partial charge >= 0.3 is 0 Å². The first kappa shape index (κ1) is 24.1. The molecule has 7 heteroatoms. The summed E-state index contributed by atoms with van der Waals surface area (Å²) in [7, 11) is 0. The minimum absolute atomic E-state index is 0.0506. The number of nitrogens with zero attached hydrogens (tertiary/aromatic N) is 3. The van der Waals surface area contributed by atoms with Crippen molar-refractivity contribution in [3.8, 4) is 5.69 Å².